The maximum atomic E-state index is 5.51. The molecule has 0 aliphatic heterocycles. The molecule has 0 bridgehead atoms. The predicted octanol–water partition coefficient (Wildman–Crippen LogP) is 3.65. The van der Waals surface area contributed by atoms with E-state index < -0.39 is 0 Å². The van der Waals surface area contributed by atoms with E-state index in [-0.39, 0.29) is 6.04 Å². The Labute approximate surface area is 117 Å². The molecule has 3 heteroatoms. The van der Waals surface area contributed by atoms with Gasteiger partial charge in [0.05, 0.1) is 14.2 Å². The lowest BCUT2D eigenvalue weighted by molar-refractivity contribution is 0.296. The molecular formula is C16H27NO2. The van der Waals surface area contributed by atoms with Gasteiger partial charge in [-0.15, -0.1) is 0 Å². The Balaban J connectivity index is 3.19. The molecule has 1 aromatic carbocycles. The van der Waals surface area contributed by atoms with Crippen LogP contribution in [-0.4, -0.2) is 20.8 Å². The van der Waals surface area contributed by atoms with E-state index in [4.69, 9.17) is 9.47 Å². The molecule has 0 aromatic heterocycles. The fourth-order valence-corrected chi connectivity index (χ4v) is 2.27. The molecule has 19 heavy (non-hydrogen) atoms. The van der Waals surface area contributed by atoms with Crippen molar-refractivity contribution in [2.24, 2.45) is 11.8 Å². The first-order chi connectivity index (χ1) is 9.04. The van der Waals surface area contributed by atoms with Crippen molar-refractivity contribution in [2.45, 2.75) is 33.7 Å². The average molecular weight is 265 g/mol. The molecular weight excluding hydrogens is 238 g/mol. The Hall–Kier alpha value is -1.22. The second-order valence-corrected chi connectivity index (χ2v) is 5.25. The van der Waals surface area contributed by atoms with Gasteiger partial charge in [-0.05, 0) is 36.6 Å². The quantitative estimate of drug-likeness (QED) is 0.816. The molecule has 1 N–H and O–H groups in total. The summed E-state index contributed by atoms with van der Waals surface area (Å²) in [7, 11) is 3.41. The summed E-state index contributed by atoms with van der Waals surface area (Å²) in [6, 6.07) is 6.26. The van der Waals surface area contributed by atoms with Crippen LogP contribution in [0, 0.1) is 11.8 Å². The third-order valence-corrected chi connectivity index (χ3v) is 3.77. The Bertz CT molecular complexity index is 390. The number of hydrogen-bond donors (Lipinski definition) is 1. The summed E-state index contributed by atoms with van der Waals surface area (Å²) in [6.07, 6.45) is 0. The van der Waals surface area contributed by atoms with Gasteiger partial charge in [0.2, 0.25) is 0 Å². The minimum atomic E-state index is 0.273. The van der Waals surface area contributed by atoms with E-state index in [1.807, 2.05) is 12.1 Å². The summed E-state index contributed by atoms with van der Waals surface area (Å²) in [5.41, 5.74) is 1.17. The molecule has 0 amide bonds. The van der Waals surface area contributed by atoms with E-state index in [2.05, 4.69) is 39.1 Å². The first-order valence-electron chi connectivity index (χ1n) is 7.00. The van der Waals surface area contributed by atoms with Crippen molar-refractivity contribution in [3.63, 3.8) is 0 Å². The third-order valence-electron chi connectivity index (χ3n) is 3.77. The summed E-state index contributed by atoms with van der Waals surface area (Å²) in [6.45, 7) is 9.84. The van der Waals surface area contributed by atoms with Crippen LogP contribution < -0.4 is 14.8 Å². The number of nitrogens with one attached hydrogen (secondary N) is 1. The Kier molecular flexibility index (Phi) is 6.16. The minimum absolute atomic E-state index is 0.273. The SMILES string of the molecule is CCNC(c1cc(OC)ccc1OC)C(C)C(C)C. The smallest absolute Gasteiger partial charge is 0.123 e. The molecule has 1 rings (SSSR count). The van der Waals surface area contributed by atoms with Gasteiger partial charge in [0.15, 0.2) is 0 Å². The van der Waals surface area contributed by atoms with E-state index in [9.17, 15) is 0 Å². The normalized spacial score (nSPS) is 14.3. The Morgan fingerprint density at radius 1 is 1.11 bits per heavy atom. The summed E-state index contributed by atoms with van der Waals surface area (Å²) >= 11 is 0. The van der Waals surface area contributed by atoms with E-state index in [1.165, 1.54) is 5.56 Å². The van der Waals surface area contributed by atoms with Gasteiger partial charge in [-0.25, -0.2) is 0 Å². The molecule has 0 fully saturated rings. The molecule has 0 aliphatic carbocycles. The number of rotatable bonds is 7. The van der Waals surface area contributed by atoms with Gasteiger partial charge < -0.3 is 14.8 Å². The molecule has 0 radical (unpaired) electrons. The van der Waals surface area contributed by atoms with Crippen LogP contribution in [-0.2, 0) is 0 Å². The van der Waals surface area contributed by atoms with Gasteiger partial charge in [0.1, 0.15) is 11.5 Å². The number of hydrogen-bond acceptors (Lipinski definition) is 3. The van der Waals surface area contributed by atoms with Gasteiger partial charge in [-0.3, -0.25) is 0 Å². The summed E-state index contributed by atoms with van der Waals surface area (Å²) in [4.78, 5) is 0. The van der Waals surface area contributed by atoms with Gasteiger partial charge >= 0.3 is 0 Å². The van der Waals surface area contributed by atoms with Crippen LogP contribution in [0.25, 0.3) is 0 Å². The van der Waals surface area contributed by atoms with Crippen molar-refractivity contribution in [1.29, 1.82) is 0 Å². The maximum Gasteiger partial charge on any atom is 0.123 e. The monoisotopic (exact) mass is 265 g/mol. The molecule has 2 unspecified atom stereocenters. The average Bonchev–Trinajstić information content (AvgIpc) is 2.43. The molecule has 3 nitrogen and oxygen atoms in total. The van der Waals surface area contributed by atoms with Crippen LogP contribution >= 0.6 is 0 Å². The topological polar surface area (TPSA) is 30.5 Å². The van der Waals surface area contributed by atoms with E-state index in [1.54, 1.807) is 14.2 Å². The summed E-state index contributed by atoms with van der Waals surface area (Å²) in [5.74, 6) is 2.90. The van der Waals surface area contributed by atoms with Crippen molar-refractivity contribution < 1.29 is 9.47 Å². The summed E-state index contributed by atoms with van der Waals surface area (Å²) in [5, 5.41) is 3.57. The minimum Gasteiger partial charge on any atom is -0.497 e. The Morgan fingerprint density at radius 3 is 2.26 bits per heavy atom. The van der Waals surface area contributed by atoms with Crippen molar-refractivity contribution in [3.8, 4) is 11.5 Å². The zero-order chi connectivity index (χ0) is 14.4. The van der Waals surface area contributed by atoms with Crippen molar-refractivity contribution >= 4 is 0 Å². The third kappa shape index (κ3) is 3.87. The molecule has 2 atom stereocenters. The van der Waals surface area contributed by atoms with Crippen molar-refractivity contribution in [1.82, 2.24) is 5.32 Å². The highest BCUT2D eigenvalue weighted by Gasteiger charge is 2.24. The standard InChI is InChI=1S/C16H27NO2/c1-7-17-16(12(4)11(2)3)14-10-13(18-5)8-9-15(14)19-6/h8-12,16-17H,7H2,1-6H3. The van der Waals surface area contributed by atoms with Crippen LogP contribution in [0.2, 0.25) is 0 Å². The molecule has 108 valence electrons. The fourth-order valence-electron chi connectivity index (χ4n) is 2.27. The van der Waals surface area contributed by atoms with Crippen LogP contribution in [0.5, 0.6) is 11.5 Å². The zero-order valence-electron chi connectivity index (χ0n) is 13.0. The highest BCUT2D eigenvalue weighted by molar-refractivity contribution is 5.42. The fraction of sp³-hybridized carbons (Fsp3) is 0.625. The van der Waals surface area contributed by atoms with Crippen molar-refractivity contribution in [2.75, 3.05) is 20.8 Å². The number of ether oxygens (including phenoxy) is 2. The lowest BCUT2D eigenvalue weighted by Gasteiger charge is -2.29. The van der Waals surface area contributed by atoms with Crippen LogP contribution in [0.3, 0.4) is 0 Å². The molecule has 0 saturated carbocycles. The van der Waals surface area contributed by atoms with Gasteiger partial charge in [-0.1, -0.05) is 27.7 Å². The maximum absolute atomic E-state index is 5.51. The second kappa shape index (κ2) is 7.39. The second-order valence-electron chi connectivity index (χ2n) is 5.25. The van der Waals surface area contributed by atoms with E-state index >= 15 is 0 Å². The molecule has 0 aliphatic rings. The Morgan fingerprint density at radius 2 is 1.79 bits per heavy atom. The number of benzene rings is 1. The lowest BCUT2D eigenvalue weighted by Crippen LogP contribution is -2.29. The largest absolute Gasteiger partial charge is 0.497 e. The van der Waals surface area contributed by atoms with Crippen molar-refractivity contribution in [3.05, 3.63) is 23.8 Å². The van der Waals surface area contributed by atoms with Crippen LogP contribution in [0.1, 0.15) is 39.3 Å². The predicted molar refractivity (Wildman–Crippen MR) is 80.0 cm³/mol. The molecule has 1 aromatic rings. The molecule has 0 saturated heterocycles. The van der Waals surface area contributed by atoms with Gasteiger partial charge in [0, 0.05) is 11.6 Å². The van der Waals surface area contributed by atoms with Crippen LogP contribution in [0.15, 0.2) is 18.2 Å². The highest BCUT2D eigenvalue weighted by Crippen LogP contribution is 2.35. The van der Waals surface area contributed by atoms with Crippen LogP contribution in [0.4, 0.5) is 0 Å². The van der Waals surface area contributed by atoms with Gasteiger partial charge in [0.25, 0.3) is 0 Å². The first kappa shape index (κ1) is 15.8. The van der Waals surface area contributed by atoms with E-state index in [0.717, 1.165) is 18.0 Å². The number of methoxy groups -OCH3 is 2. The first-order valence-corrected chi connectivity index (χ1v) is 7.00. The summed E-state index contributed by atoms with van der Waals surface area (Å²) < 4.78 is 10.8. The van der Waals surface area contributed by atoms with E-state index in [0.29, 0.717) is 11.8 Å². The molecule has 0 spiro atoms. The highest BCUT2D eigenvalue weighted by atomic mass is 16.5. The zero-order valence-corrected chi connectivity index (χ0v) is 13.0. The molecule has 0 heterocycles. The lowest BCUT2D eigenvalue weighted by atomic mass is 9.85. The van der Waals surface area contributed by atoms with Gasteiger partial charge in [-0.2, -0.15) is 0 Å².